The van der Waals surface area contributed by atoms with E-state index in [4.69, 9.17) is 0 Å². The summed E-state index contributed by atoms with van der Waals surface area (Å²) in [4.78, 5) is 27.2. The van der Waals surface area contributed by atoms with Crippen LogP contribution in [0.25, 0.3) is 0 Å². The highest BCUT2D eigenvalue weighted by molar-refractivity contribution is 5.94. The third-order valence-corrected chi connectivity index (χ3v) is 4.55. The maximum absolute atomic E-state index is 12.7. The maximum atomic E-state index is 12.7. The summed E-state index contributed by atoms with van der Waals surface area (Å²) in [5, 5.41) is 10.7. The number of amides is 1. The van der Waals surface area contributed by atoms with Crippen molar-refractivity contribution in [2.75, 3.05) is 19.6 Å². The lowest BCUT2D eigenvalue weighted by Crippen LogP contribution is -2.53. The molecule has 3 rings (SSSR count). The first-order valence-electron chi connectivity index (χ1n) is 8.36. The Labute approximate surface area is 146 Å². The average molecular weight is 339 g/mol. The van der Waals surface area contributed by atoms with Crippen molar-refractivity contribution in [1.29, 1.82) is 0 Å². The molecule has 0 bridgehead atoms. The summed E-state index contributed by atoms with van der Waals surface area (Å²) in [5.74, 6) is -0.0678. The Hall–Kier alpha value is -2.73. The van der Waals surface area contributed by atoms with E-state index in [0.717, 1.165) is 19.6 Å². The second-order valence-corrected chi connectivity index (χ2v) is 6.37. The zero-order valence-corrected chi connectivity index (χ0v) is 14.2. The summed E-state index contributed by atoms with van der Waals surface area (Å²) < 4.78 is 0. The zero-order valence-electron chi connectivity index (χ0n) is 14.2. The Morgan fingerprint density at radius 1 is 1.12 bits per heavy atom. The molecule has 1 atom stereocenters. The van der Waals surface area contributed by atoms with E-state index in [1.54, 1.807) is 0 Å². The smallest absolute Gasteiger partial charge is 0.269 e. The lowest BCUT2D eigenvalue weighted by atomic mass is 10.1. The summed E-state index contributed by atoms with van der Waals surface area (Å²) in [6.45, 7) is 5.21. The molecule has 0 saturated carbocycles. The van der Waals surface area contributed by atoms with Gasteiger partial charge < -0.3 is 4.90 Å². The highest BCUT2D eigenvalue weighted by Crippen LogP contribution is 2.18. The molecule has 2 aromatic carbocycles. The minimum Gasteiger partial charge on any atom is -0.333 e. The number of hydrogen-bond acceptors (Lipinski definition) is 4. The van der Waals surface area contributed by atoms with Gasteiger partial charge in [-0.2, -0.15) is 0 Å². The standard InChI is InChI=1S/C19H21N3O3/c1-15-13-20(14-16-5-3-2-4-6-16)11-12-21(15)19(23)17-7-9-18(10-8-17)22(24)25/h2-10,15H,11-14H2,1H3. The van der Waals surface area contributed by atoms with Crippen molar-refractivity contribution < 1.29 is 9.72 Å². The van der Waals surface area contributed by atoms with Crippen molar-refractivity contribution in [3.63, 3.8) is 0 Å². The lowest BCUT2D eigenvalue weighted by Gasteiger charge is -2.40. The summed E-state index contributed by atoms with van der Waals surface area (Å²) in [5.41, 5.74) is 1.76. The first-order chi connectivity index (χ1) is 12.0. The first kappa shape index (κ1) is 17.1. The van der Waals surface area contributed by atoms with Gasteiger partial charge in [0.2, 0.25) is 0 Å². The number of nitrogens with zero attached hydrogens (tertiary/aromatic N) is 3. The molecule has 1 heterocycles. The van der Waals surface area contributed by atoms with Crippen molar-refractivity contribution in [3.05, 3.63) is 75.8 Å². The molecule has 0 N–H and O–H groups in total. The number of nitro groups is 1. The van der Waals surface area contributed by atoms with Crippen LogP contribution in [0.2, 0.25) is 0 Å². The molecule has 0 aliphatic carbocycles. The Morgan fingerprint density at radius 3 is 2.40 bits per heavy atom. The van der Waals surface area contributed by atoms with Crippen LogP contribution in [-0.4, -0.2) is 46.3 Å². The predicted octanol–water partition coefficient (Wildman–Crippen LogP) is 2.94. The van der Waals surface area contributed by atoms with E-state index in [2.05, 4.69) is 17.0 Å². The fourth-order valence-corrected chi connectivity index (χ4v) is 3.21. The minimum atomic E-state index is -0.459. The van der Waals surface area contributed by atoms with Gasteiger partial charge in [0.15, 0.2) is 0 Å². The highest BCUT2D eigenvalue weighted by atomic mass is 16.6. The zero-order chi connectivity index (χ0) is 17.8. The van der Waals surface area contributed by atoms with Crippen molar-refractivity contribution >= 4 is 11.6 Å². The Balaban J connectivity index is 1.62. The Bertz CT molecular complexity index is 746. The Morgan fingerprint density at radius 2 is 1.80 bits per heavy atom. The van der Waals surface area contributed by atoms with Gasteiger partial charge >= 0.3 is 0 Å². The third kappa shape index (κ3) is 4.03. The molecule has 1 unspecified atom stereocenters. The molecular weight excluding hydrogens is 318 g/mol. The van der Waals surface area contributed by atoms with Gasteiger partial charge in [0.1, 0.15) is 0 Å². The summed E-state index contributed by atoms with van der Waals surface area (Å²) in [7, 11) is 0. The molecule has 1 aliphatic heterocycles. The Kier molecular flexibility index (Phi) is 5.09. The van der Waals surface area contributed by atoms with Gasteiger partial charge in [-0.05, 0) is 24.6 Å². The number of nitro benzene ring substituents is 1. The number of benzene rings is 2. The minimum absolute atomic E-state index is 0.00252. The SMILES string of the molecule is CC1CN(Cc2ccccc2)CCN1C(=O)c1ccc([N+](=O)[O-])cc1. The van der Waals surface area contributed by atoms with E-state index in [9.17, 15) is 14.9 Å². The summed E-state index contributed by atoms with van der Waals surface area (Å²) in [6.07, 6.45) is 0. The topological polar surface area (TPSA) is 66.7 Å². The second-order valence-electron chi connectivity index (χ2n) is 6.37. The number of piperazine rings is 1. The normalized spacial score (nSPS) is 18.1. The molecule has 1 amide bonds. The van der Waals surface area contributed by atoms with Gasteiger partial charge in [-0.15, -0.1) is 0 Å². The van der Waals surface area contributed by atoms with Gasteiger partial charge in [0, 0.05) is 49.9 Å². The molecule has 25 heavy (non-hydrogen) atoms. The van der Waals surface area contributed by atoms with Gasteiger partial charge in [-0.1, -0.05) is 30.3 Å². The van der Waals surface area contributed by atoms with Crippen LogP contribution in [0.1, 0.15) is 22.8 Å². The largest absolute Gasteiger partial charge is 0.333 e. The predicted molar refractivity (Wildman–Crippen MR) is 95.3 cm³/mol. The quantitative estimate of drug-likeness (QED) is 0.634. The van der Waals surface area contributed by atoms with Crippen molar-refractivity contribution in [2.45, 2.75) is 19.5 Å². The van der Waals surface area contributed by atoms with E-state index in [1.165, 1.54) is 29.8 Å². The second kappa shape index (κ2) is 7.44. The van der Waals surface area contributed by atoms with Gasteiger partial charge in [0.05, 0.1) is 4.92 Å². The highest BCUT2D eigenvalue weighted by Gasteiger charge is 2.28. The van der Waals surface area contributed by atoms with Crippen LogP contribution in [0.15, 0.2) is 54.6 Å². The van der Waals surface area contributed by atoms with Crippen molar-refractivity contribution in [2.24, 2.45) is 0 Å². The number of carbonyl (C=O) groups excluding carboxylic acids is 1. The summed E-state index contributed by atoms with van der Waals surface area (Å²) in [6, 6.07) is 16.2. The van der Waals surface area contributed by atoms with Crippen LogP contribution in [0, 0.1) is 10.1 Å². The first-order valence-corrected chi connectivity index (χ1v) is 8.36. The van der Waals surface area contributed by atoms with Crippen molar-refractivity contribution in [1.82, 2.24) is 9.80 Å². The molecule has 130 valence electrons. The molecule has 0 spiro atoms. The monoisotopic (exact) mass is 339 g/mol. The van der Waals surface area contributed by atoms with Crippen LogP contribution >= 0.6 is 0 Å². The van der Waals surface area contributed by atoms with Crippen molar-refractivity contribution in [3.8, 4) is 0 Å². The number of carbonyl (C=O) groups is 1. The molecule has 2 aromatic rings. The molecule has 0 radical (unpaired) electrons. The van der Waals surface area contributed by atoms with Crippen LogP contribution < -0.4 is 0 Å². The van der Waals surface area contributed by atoms with Crippen LogP contribution in [-0.2, 0) is 6.54 Å². The molecule has 1 fully saturated rings. The molecule has 0 aromatic heterocycles. The van der Waals surface area contributed by atoms with Crippen LogP contribution in [0.5, 0.6) is 0 Å². The van der Waals surface area contributed by atoms with Gasteiger partial charge in [0.25, 0.3) is 11.6 Å². The van der Waals surface area contributed by atoms with Gasteiger partial charge in [-0.25, -0.2) is 0 Å². The number of hydrogen-bond donors (Lipinski definition) is 0. The number of rotatable bonds is 4. The van der Waals surface area contributed by atoms with E-state index in [0.29, 0.717) is 12.1 Å². The number of non-ortho nitro benzene ring substituents is 1. The third-order valence-electron chi connectivity index (χ3n) is 4.55. The van der Waals surface area contributed by atoms with Crippen LogP contribution in [0.4, 0.5) is 5.69 Å². The maximum Gasteiger partial charge on any atom is 0.269 e. The molecule has 1 aliphatic rings. The fourth-order valence-electron chi connectivity index (χ4n) is 3.21. The molecular formula is C19H21N3O3. The molecule has 6 nitrogen and oxygen atoms in total. The lowest BCUT2D eigenvalue weighted by molar-refractivity contribution is -0.384. The molecule has 6 heteroatoms. The van der Waals surface area contributed by atoms with E-state index in [-0.39, 0.29) is 17.6 Å². The van der Waals surface area contributed by atoms with E-state index >= 15 is 0 Å². The average Bonchev–Trinajstić information content (AvgIpc) is 2.62. The van der Waals surface area contributed by atoms with Crippen LogP contribution in [0.3, 0.4) is 0 Å². The fraction of sp³-hybridized carbons (Fsp3) is 0.316. The van der Waals surface area contributed by atoms with E-state index < -0.39 is 4.92 Å². The van der Waals surface area contributed by atoms with Gasteiger partial charge in [-0.3, -0.25) is 19.8 Å². The van der Waals surface area contributed by atoms with E-state index in [1.807, 2.05) is 30.0 Å². The molecule has 1 saturated heterocycles. The summed E-state index contributed by atoms with van der Waals surface area (Å²) >= 11 is 0.